The molecule has 0 fully saturated rings. The summed E-state index contributed by atoms with van der Waals surface area (Å²) < 4.78 is 0. The molecule has 78 valence electrons. The molecule has 1 amide bonds. The largest absolute Gasteiger partial charge is 0.287 e. The van der Waals surface area contributed by atoms with Gasteiger partial charge in [0.05, 0.1) is 5.69 Å². The van der Waals surface area contributed by atoms with Crippen LogP contribution in [0.3, 0.4) is 0 Å². The van der Waals surface area contributed by atoms with Crippen molar-refractivity contribution < 1.29 is 4.79 Å². The van der Waals surface area contributed by atoms with Crippen molar-refractivity contribution in [3.63, 3.8) is 0 Å². The van der Waals surface area contributed by atoms with Gasteiger partial charge in [0.1, 0.15) is 0 Å². The summed E-state index contributed by atoms with van der Waals surface area (Å²) in [5.41, 5.74) is 6.34. The quantitative estimate of drug-likeness (QED) is 0.600. The summed E-state index contributed by atoms with van der Waals surface area (Å²) in [6.07, 6.45) is 0.943. The van der Waals surface area contributed by atoms with Crippen molar-refractivity contribution in [2.45, 2.75) is 33.2 Å². The first kappa shape index (κ1) is 10.6. The van der Waals surface area contributed by atoms with Crippen LogP contribution in [-0.4, -0.2) is 27.4 Å². The molecule has 0 aliphatic rings. The first-order chi connectivity index (χ1) is 6.65. The Bertz CT molecular complexity index is 308. The Balaban J connectivity index is 2.47. The van der Waals surface area contributed by atoms with Gasteiger partial charge in [-0.25, -0.2) is 5.43 Å². The smallest absolute Gasteiger partial charge is 0.286 e. The minimum absolute atomic E-state index is 0.242. The fourth-order valence-electron chi connectivity index (χ4n) is 0.849. The Kier molecular flexibility index (Phi) is 3.58. The molecule has 14 heavy (non-hydrogen) atoms. The molecule has 0 aliphatic heterocycles. The number of nitrogens with zero attached hydrogens (tertiary/aromatic N) is 2. The zero-order valence-corrected chi connectivity index (χ0v) is 8.59. The van der Waals surface area contributed by atoms with E-state index in [-0.39, 0.29) is 11.9 Å². The fourth-order valence-corrected chi connectivity index (χ4v) is 0.849. The van der Waals surface area contributed by atoms with E-state index in [4.69, 9.17) is 0 Å². The number of hydrazine groups is 1. The molecule has 0 radical (unpaired) electrons. The lowest BCUT2D eigenvalue weighted by Crippen LogP contribution is -2.43. The van der Waals surface area contributed by atoms with Gasteiger partial charge in [-0.15, -0.1) is 0 Å². The fraction of sp³-hybridized carbons (Fsp3) is 0.625. The zero-order chi connectivity index (χ0) is 10.6. The van der Waals surface area contributed by atoms with Crippen molar-refractivity contribution in [2.24, 2.45) is 0 Å². The number of hydrogen-bond acceptors (Lipinski definition) is 4. The molecule has 1 aromatic heterocycles. The van der Waals surface area contributed by atoms with Crippen LogP contribution in [0.2, 0.25) is 0 Å². The van der Waals surface area contributed by atoms with Crippen LogP contribution in [0.25, 0.3) is 0 Å². The van der Waals surface area contributed by atoms with E-state index in [1.807, 2.05) is 13.8 Å². The molecule has 0 saturated heterocycles. The van der Waals surface area contributed by atoms with Crippen LogP contribution in [0, 0.1) is 6.92 Å². The van der Waals surface area contributed by atoms with E-state index < -0.39 is 0 Å². The van der Waals surface area contributed by atoms with E-state index in [1.54, 1.807) is 6.92 Å². The van der Waals surface area contributed by atoms with Crippen molar-refractivity contribution in [3.05, 3.63) is 11.4 Å². The standard InChI is InChI=1S/C8H15N5O/c1-4-5(2)9-12-8(14)7-6(3)10-13-11-7/h5,9H,4H2,1-3H3,(H,12,14)(H,10,11,13)/t5-/m0/s1. The van der Waals surface area contributed by atoms with Gasteiger partial charge < -0.3 is 0 Å². The lowest BCUT2D eigenvalue weighted by molar-refractivity contribution is 0.0920. The van der Waals surface area contributed by atoms with Gasteiger partial charge in [0, 0.05) is 6.04 Å². The van der Waals surface area contributed by atoms with E-state index in [0.717, 1.165) is 6.42 Å². The zero-order valence-electron chi connectivity index (χ0n) is 8.59. The van der Waals surface area contributed by atoms with Gasteiger partial charge in [-0.3, -0.25) is 10.2 Å². The van der Waals surface area contributed by atoms with Crippen molar-refractivity contribution >= 4 is 5.91 Å². The van der Waals surface area contributed by atoms with Crippen LogP contribution in [-0.2, 0) is 0 Å². The number of rotatable bonds is 4. The second kappa shape index (κ2) is 4.71. The van der Waals surface area contributed by atoms with Crippen LogP contribution < -0.4 is 10.9 Å². The number of H-pyrrole nitrogens is 1. The lowest BCUT2D eigenvalue weighted by atomic mass is 10.3. The minimum atomic E-state index is -0.267. The first-order valence-corrected chi connectivity index (χ1v) is 4.58. The van der Waals surface area contributed by atoms with Gasteiger partial charge in [0.25, 0.3) is 5.91 Å². The normalized spacial score (nSPS) is 12.5. The highest BCUT2D eigenvalue weighted by Gasteiger charge is 2.12. The second-order valence-corrected chi connectivity index (χ2v) is 3.17. The average Bonchev–Trinajstić information content (AvgIpc) is 2.60. The van der Waals surface area contributed by atoms with Crippen molar-refractivity contribution in [3.8, 4) is 0 Å². The van der Waals surface area contributed by atoms with Gasteiger partial charge in [0.2, 0.25) is 0 Å². The molecule has 1 heterocycles. The Labute approximate surface area is 82.4 Å². The first-order valence-electron chi connectivity index (χ1n) is 4.58. The van der Waals surface area contributed by atoms with E-state index in [9.17, 15) is 4.79 Å². The molecule has 1 aromatic rings. The summed E-state index contributed by atoms with van der Waals surface area (Å²) in [4.78, 5) is 11.5. The molecule has 0 unspecified atom stereocenters. The molecule has 6 heteroatoms. The van der Waals surface area contributed by atoms with Gasteiger partial charge in [-0.1, -0.05) is 6.92 Å². The summed E-state index contributed by atoms with van der Waals surface area (Å²) >= 11 is 0. The summed E-state index contributed by atoms with van der Waals surface area (Å²) in [7, 11) is 0. The maximum atomic E-state index is 11.5. The Hall–Kier alpha value is -1.43. The van der Waals surface area contributed by atoms with Crippen LogP contribution >= 0.6 is 0 Å². The number of amides is 1. The molecule has 0 aromatic carbocycles. The molecule has 6 nitrogen and oxygen atoms in total. The maximum Gasteiger partial charge on any atom is 0.287 e. The van der Waals surface area contributed by atoms with Gasteiger partial charge in [-0.2, -0.15) is 15.4 Å². The van der Waals surface area contributed by atoms with Crippen LogP contribution in [0.5, 0.6) is 0 Å². The highest BCUT2D eigenvalue weighted by Crippen LogP contribution is 1.97. The van der Waals surface area contributed by atoms with Crippen molar-refractivity contribution in [1.82, 2.24) is 26.3 Å². The number of aromatic nitrogens is 3. The third-order valence-electron chi connectivity index (χ3n) is 1.98. The second-order valence-electron chi connectivity index (χ2n) is 3.17. The van der Waals surface area contributed by atoms with Crippen molar-refractivity contribution in [2.75, 3.05) is 0 Å². The van der Waals surface area contributed by atoms with E-state index in [2.05, 4.69) is 26.3 Å². The highest BCUT2D eigenvalue weighted by molar-refractivity contribution is 5.92. The average molecular weight is 197 g/mol. The number of hydrogen-bond donors (Lipinski definition) is 3. The van der Waals surface area contributed by atoms with E-state index >= 15 is 0 Å². The van der Waals surface area contributed by atoms with Crippen LogP contribution in [0.1, 0.15) is 36.5 Å². The Morgan fingerprint density at radius 3 is 2.79 bits per heavy atom. The van der Waals surface area contributed by atoms with Crippen LogP contribution in [0.4, 0.5) is 0 Å². The molecule has 0 spiro atoms. The monoisotopic (exact) mass is 197 g/mol. The third kappa shape index (κ3) is 2.53. The molecule has 3 N–H and O–H groups in total. The Morgan fingerprint density at radius 2 is 2.29 bits per heavy atom. The number of aromatic amines is 1. The number of carbonyl (C=O) groups is 1. The van der Waals surface area contributed by atoms with Gasteiger partial charge >= 0.3 is 0 Å². The minimum Gasteiger partial charge on any atom is -0.286 e. The van der Waals surface area contributed by atoms with Crippen LogP contribution in [0.15, 0.2) is 0 Å². The summed E-state index contributed by atoms with van der Waals surface area (Å²) in [5, 5.41) is 9.88. The number of carbonyl (C=O) groups excluding carboxylic acids is 1. The summed E-state index contributed by atoms with van der Waals surface area (Å²) in [6, 6.07) is 0.242. The predicted molar refractivity (Wildman–Crippen MR) is 51.5 cm³/mol. The predicted octanol–water partition coefficient (Wildman–Crippen LogP) is 0.146. The number of aryl methyl sites for hydroxylation is 1. The molecule has 0 aliphatic carbocycles. The topological polar surface area (TPSA) is 82.7 Å². The van der Waals surface area contributed by atoms with Crippen molar-refractivity contribution in [1.29, 1.82) is 0 Å². The lowest BCUT2D eigenvalue weighted by Gasteiger charge is -2.11. The van der Waals surface area contributed by atoms with Gasteiger partial charge in [0.15, 0.2) is 5.69 Å². The molecule has 0 bridgehead atoms. The summed E-state index contributed by atoms with van der Waals surface area (Å²) in [6.45, 7) is 5.74. The summed E-state index contributed by atoms with van der Waals surface area (Å²) in [5.74, 6) is -0.267. The highest BCUT2D eigenvalue weighted by atomic mass is 16.2. The van der Waals surface area contributed by atoms with E-state index in [0.29, 0.717) is 11.4 Å². The third-order valence-corrected chi connectivity index (χ3v) is 1.98. The maximum absolute atomic E-state index is 11.5. The molecular formula is C8H15N5O. The SMILES string of the molecule is CC[C@H](C)NNC(=O)c1n[nH]nc1C. The van der Waals surface area contributed by atoms with Gasteiger partial charge in [-0.05, 0) is 20.3 Å². The molecule has 1 atom stereocenters. The Morgan fingerprint density at radius 1 is 1.57 bits per heavy atom. The molecular weight excluding hydrogens is 182 g/mol. The molecule has 1 rings (SSSR count). The van der Waals surface area contributed by atoms with E-state index in [1.165, 1.54) is 0 Å². The molecule has 0 saturated carbocycles. The number of nitrogens with one attached hydrogen (secondary N) is 3.